The zero-order valence-corrected chi connectivity index (χ0v) is 19.2. The summed E-state index contributed by atoms with van der Waals surface area (Å²) < 4.78 is 15.8. The molecule has 0 radical (unpaired) electrons. The molecule has 0 aromatic heterocycles. The highest BCUT2D eigenvalue weighted by atomic mass is 35.5. The van der Waals surface area contributed by atoms with Crippen molar-refractivity contribution in [2.24, 2.45) is 23.7 Å². The van der Waals surface area contributed by atoms with Crippen LogP contribution in [-0.2, 0) is 4.79 Å². The van der Waals surface area contributed by atoms with Crippen molar-refractivity contribution in [3.05, 3.63) is 29.0 Å². The number of rotatable bonds is 5. The highest BCUT2D eigenvalue weighted by Crippen LogP contribution is 2.44. The second-order valence-electron chi connectivity index (χ2n) is 9.09. The van der Waals surface area contributed by atoms with Crippen LogP contribution in [0.5, 0.6) is 0 Å². The molecule has 0 aliphatic heterocycles. The van der Waals surface area contributed by atoms with Crippen LogP contribution in [0, 0.1) is 29.5 Å². The molecule has 2 fully saturated rings. The van der Waals surface area contributed by atoms with Gasteiger partial charge in [-0.2, -0.15) is 0 Å². The number of aldehydes is 1. The van der Waals surface area contributed by atoms with Crippen LogP contribution in [0.4, 0.5) is 4.39 Å². The molecule has 1 aromatic rings. The maximum absolute atomic E-state index is 12.8. The van der Waals surface area contributed by atoms with Crippen LogP contribution >= 0.6 is 23.5 Å². The number of benzene rings is 1. The number of hydrogen-bond donors (Lipinski definition) is 2. The van der Waals surface area contributed by atoms with E-state index >= 15 is 0 Å². The summed E-state index contributed by atoms with van der Waals surface area (Å²) in [6.07, 6.45) is 6.74. The first-order valence-electron chi connectivity index (χ1n) is 10.2. The molecule has 2 N–H and O–H groups in total. The molecule has 3 nitrogen and oxygen atoms in total. The Balaban J connectivity index is 0.000000202. The second kappa shape index (κ2) is 10.4. The summed E-state index contributed by atoms with van der Waals surface area (Å²) in [5.41, 5.74) is -0.620. The van der Waals surface area contributed by atoms with Gasteiger partial charge in [0.2, 0.25) is 0 Å². The lowest BCUT2D eigenvalue weighted by molar-refractivity contribution is -0.111. The molecule has 2 saturated carbocycles. The molecule has 6 heteroatoms. The van der Waals surface area contributed by atoms with Gasteiger partial charge in [-0.1, -0.05) is 25.4 Å². The zero-order valence-electron chi connectivity index (χ0n) is 17.6. The molecular formula is C22H34ClFN2OS. The lowest BCUT2D eigenvalue weighted by Crippen LogP contribution is -2.47. The van der Waals surface area contributed by atoms with Gasteiger partial charge in [0.25, 0.3) is 0 Å². The van der Waals surface area contributed by atoms with Gasteiger partial charge in [0.15, 0.2) is 0 Å². The molecule has 2 bridgehead atoms. The summed E-state index contributed by atoms with van der Waals surface area (Å²) in [4.78, 5) is 11.4. The molecule has 5 atom stereocenters. The third-order valence-corrected chi connectivity index (χ3v) is 7.26. The molecule has 28 heavy (non-hydrogen) atoms. The Hall–Kier alpha value is -0.620. The Kier molecular flexibility index (Phi) is 8.80. The highest BCUT2D eigenvalue weighted by Gasteiger charge is 2.38. The molecule has 5 unspecified atom stereocenters. The molecule has 0 amide bonds. The van der Waals surface area contributed by atoms with Crippen LogP contribution in [-0.4, -0.2) is 24.9 Å². The first kappa shape index (κ1) is 23.7. The minimum absolute atomic E-state index is 0.0747. The second-order valence-corrected chi connectivity index (χ2v) is 10.4. The van der Waals surface area contributed by atoms with E-state index in [1.807, 2.05) is 0 Å². The van der Waals surface area contributed by atoms with Crippen molar-refractivity contribution in [1.82, 2.24) is 10.0 Å². The van der Waals surface area contributed by atoms with Crippen molar-refractivity contribution < 1.29 is 9.18 Å². The average Bonchev–Trinajstić information content (AvgIpc) is 2.63. The zero-order chi connectivity index (χ0) is 20.9. The summed E-state index contributed by atoms with van der Waals surface area (Å²) in [6, 6.07) is 5.20. The van der Waals surface area contributed by atoms with Crippen molar-refractivity contribution >= 4 is 29.8 Å². The normalized spacial score (nSPS) is 29.6. The summed E-state index contributed by atoms with van der Waals surface area (Å²) >= 11 is 6.85. The van der Waals surface area contributed by atoms with Crippen molar-refractivity contribution in [3.63, 3.8) is 0 Å². The third-order valence-electron chi connectivity index (χ3n) is 5.85. The van der Waals surface area contributed by atoms with Crippen molar-refractivity contribution in [2.45, 2.75) is 69.9 Å². The number of carbonyl (C=O) groups is 1. The van der Waals surface area contributed by atoms with E-state index < -0.39 is 11.4 Å². The Labute approximate surface area is 178 Å². The SMILES string of the molecule is CC(C)(C=O)NSc1ccc(F)c(Cl)c1.CNC1C(C)CC2CC(C)CC1C2. The number of carbonyl (C=O) groups excluding carboxylic acids is 1. The van der Waals surface area contributed by atoms with E-state index in [0.29, 0.717) is 0 Å². The predicted octanol–water partition coefficient (Wildman–Crippen LogP) is 5.72. The maximum atomic E-state index is 12.8. The van der Waals surface area contributed by atoms with Crippen LogP contribution in [0.1, 0.15) is 53.4 Å². The minimum atomic E-state index is -0.620. The Morgan fingerprint density at radius 3 is 2.54 bits per heavy atom. The number of nitrogens with one attached hydrogen (secondary N) is 2. The Morgan fingerprint density at radius 2 is 1.93 bits per heavy atom. The average molecular weight is 429 g/mol. The van der Waals surface area contributed by atoms with Gasteiger partial charge in [-0.15, -0.1) is 0 Å². The van der Waals surface area contributed by atoms with Crippen LogP contribution in [0.25, 0.3) is 0 Å². The number of fused-ring (bicyclic) bond motifs is 2. The summed E-state index contributed by atoms with van der Waals surface area (Å²) in [6.45, 7) is 8.36. The van der Waals surface area contributed by atoms with Gasteiger partial charge in [0.05, 0.1) is 10.6 Å². The van der Waals surface area contributed by atoms with E-state index in [2.05, 4.69) is 30.9 Å². The van der Waals surface area contributed by atoms with E-state index in [1.54, 1.807) is 19.9 Å². The van der Waals surface area contributed by atoms with Gasteiger partial charge in [0, 0.05) is 10.9 Å². The van der Waals surface area contributed by atoms with E-state index in [9.17, 15) is 9.18 Å². The van der Waals surface area contributed by atoms with Crippen LogP contribution in [0.15, 0.2) is 23.1 Å². The standard InChI is InChI=1S/C12H23N.C10H11ClFNOS/c1-8-4-10-6-9(2)12(13-3)11(5-8)7-10;1-10(2,6-14)13-15-7-3-4-9(12)8(11)5-7/h8-13H,4-7H2,1-3H3;3-6,13H,1-2H3. The summed E-state index contributed by atoms with van der Waals surface area (Å²) in [5.74, 6) is 3.46. The lowest BCUT2D eigenvalue weighted by Gasteiger charge is -2.46. The molecule has 2 aliphatic carbocycles. The molecule has 3 rings (SSSR count). The minimum Gasteiger partial charge on any atom is -0.316 e. The van der Waals surface area contributed by atoms with Gasteiger partial charge in [0.1, 0.15) is 12.1 Å². The molecule has 2 aliphatic rings. The molecule has 0 spiro atoms. The van der Waals surface area contributed by atoms with Crippen LogP contribution in [0.3, 0.4) is 0 Å². The smallest absolute Gasteiger partial charge is 0.141 e. The molecule has 0 saturated heterocycles. The van der Waals surface area contributed by atoms with E-state index in [0.717, 1.165) is 40.9 Å². The molecule has 1 aromatic carbocycles. The van der Waals surface area contributed by atoms with Gasteiger partial charge in [-0.05, 0) is 100 Å². The van der Waals surface area contributed by atoms with Crippen LogP contribution < -0.4 is 10.0 Å². The monoisotopic (exact) mass is 428 g/mol. The Bertz CT molecular complexity index is 653. The summed E-state index contributed by atoms with van der Waals surface area (Å²) in [7, 11) is 2.14. The highest BCUT2D eigenvalue weighted by molar-refractivity contribution is 7.97. The summed E-state index contributed by atoms with van der Waals surface area (Å²) in [5, 5.41) is 3.60. The van der Waals surface area contributed by atoms with Crippen molar-refractivity contribution in [2.75, 3.05) is 7.05 Å². The number of hydrogen-bond acceptors (Lipinski definition) is 4. The number of halogens is 2. The third kappa shape index (κ3) is 6.72. The van der Waals surface area contributed by atoms with Crippen molar-refractivity contribution in [1.29, 1.82) is 0 Å². The fourth-order valence-corrected chi connectivity index (χ4v) is 5.69. The van der Waals surface area contributed by atoms with E-state index in [-0.39, 0.29) is 5.02 Å². The quantitative estimate of drug-likeness (QED) is 0.464. The predicted molar refractivity (Wildman–Crippen MR) is 117 cm³/mol. The molecule has 0 heterocycles. The molecule has 158 valence electrons. The topological polar surface area (TPSA) is 41.1 Å². The van der Waals surface area contributed by atoms with Gasteiger partial charge < -0.3 is 10.1 Å². The van der Waals surface area contributed by atoms with E-state index in [4.69, 9.17) is 11.6 Å². The lowest BCUT2D eigenvalue weighted by atomic mass is 9.63. The van der Waals surface area contributed by atoms with Crippen LogP contribution in [0.2, 0.25) is 5.02 Å². The largest absolute Gasteiger partial charge is 0.316 e. The van der Waals surface area contributed by atoms with E-state index in [1.165, 1.54) is 49.8 Å². The first-order valence-corrected chi connectivity index (χ1v) is 11.4. The van der Waals surface area contributed by atoms with Gasteiger partial charge in [-0.3, -0.25) is 0 Å². The van der Waals surface area contributed by atoms with Gasteiger partial charge in [-0.25, -0.2) is 9.11 Å². The fraction of sp³-hybridized carbons (Fsp3) is 0.682. The van der Waals surface area contributed by atoms with Gasteiger partial charge >= 0.3 is 0 Å². The molecular weight excluding hydrogens is 395 g/mol. The maximum Gasteiger partial charge on any atom is 0.141 e. The van der Waals surface area contributed by atoms with Crippen molar-refractivity contribution in [3.8, 4) is 0 Å². The fourth-order valence-electron chi connectivity index (χ4n) is 4.70. The Morgan fingerprint density at radius 1 is 1.21 bits per heavy atom. The first-order chi connectivity index (χ1) is 13.1.